The molecule has 1 aliphatic heterocycles. The Morgan fingerprint density at radius 2 is 2.20 bits per heavy atom. The Labute approximate surface area is 122 Å². The molecule has 1 aromatic carbocycles. The Hall–Kier alpha value is -1.06. The molecule has 1 saturated carbocycles. The Balaban J connectivity index is 1.85. The number of benzene rings is 1. The van der Waals surface area contributed by atoms with E-state index in [9.17, 15) is 0 Å². The molecule has 2 N–H and O–H groups in total. The molecule has 1 aromatic rings. The summed E-state index contributed by atoms with van der Waals surface area (Å²) in [7, 11) is 2.18. The minimum absolute atomic E-state index is 0.402. The summed E-state index contributed by atoms with van der Waals surface area (Å²) in [6.07, 6.45) is 5.09. The fourth-order valence-corrected chi connectivity index (χ4v) is 3.51. The van der Waals surface area contributed by atoms with Crippen LogP contribution in [0.5, 0.6) is 0 Å². The number of hydrogen-bond donors (Lipinski definition) is 1. The molecule has 1 aliphatic carbocycles. The van der Waals surface area contributed by atoms with Gasteiger partial charge in [-0.25, -0.2) is 0 Å². The van der Waals surface area contributed by atoms with E-state index in [1.54, 1.807) is 0 Å². The zero-order chi connectivity index (χ0) is 14.1. The number of likely N-dealkylation sites (N-methyl/N-ethyl adjacent to an activating group) is 1. The molecule has 3 heteroatoms. The number of rotatable bonds is 6. The van der Waals surface area contributed by atoms with Crippen LogP contribution < -0.4 is 10.6 Å². The second kappa shape index (κ2) is 5.74. The first-order chi connectivity index (χ1) is 9.74. The summed E-state index contributed by atoms with van der Waals surface area (Å²) in [6.45, 7) is 5.31. The van der Waals surface area contributed by atoms with Crippen LogP contribution in [0.15, 0.2) is 18.2 Å². The van der Waals surface area contributed by atoms with Crippen LogP contribution in [0.25, 0.3) is 0 Å². The van der Waals surface area contributed by atoms with Crippen LogP contribution in [0.2, 0.25) is 0 Å². The lowest BCUT2D eigenvalue weighted by atomic mass is 10.0. The molecule has 1 heterocycles. The maximum absolute atomic E-state index is 6.12. The van der Waals surface area contributed by atoms with Gasteiger partial charge in [0.2, 0.25) is 0 Å². The molecular weight excluding hydrogens is 246 g/mol. The van der Waals surface area contributed by atoms with Gasteiger partial charge < -0.3 is 10.6 Å². The molecule has 0 aromatic heterocycles. The highest BCUT2D eigenvalue weighted by Crippen LogP contribution is 2.36. The van der Waals surface area contributed by atoms with Crippen LogP contribution >= 0.6 is 0 Å². The largest absolute Gasteiger partial charge is 0.374 e. The average Bonchev–Trinajstić information content (AvgIpc) is 3.24. The standard InChI is InChI=1S/C17H27N3/c1-3-9-20(15-5-6-15)17(12-18)13-4-7-16-14(11-13)8-10-19(16)2/h4,7,11,15,17H,3,5-6,8-10,12,18H2,1-2H3. The summed E-state index contributed by atoms with van der Waals surface area (Å²) in [6, 6.07) is 8.17. The highest BCUT2D eigenvalue weighted by atomic mass is 15.2. The molecule has 20 heavy (non-hydrogen) atoms. The van der Waals surface area contributed by atoms with Gasteiger partial charge in [0.05, 0.1) is 0 Å². The first kappa shape index (κ1) is 13.9. The maximum atomic E-state index is 6.12. The number of hydrogen-bond acceptors (Lipinski definition) is 3. The van der Waals surface area contributed by atoms with Crippen LogP contribution in [0.3, 0.4) is 0 Å². The maximum Gasteiger partial charge on any atom is 0.0473 e. The smallest absolute Gasteiger partial charge is 0.0473 e. The van der Waals surface area contributed by atoms with Gasteiger partial charge in [-0.15, -0.1) is 0 Å². The van der Waals surface area contributed by atoms with E-state index < -0.39 is 0 Å². The van der Waals surface area contributed by atoms with Gasteiger partial charge >= 0.3 is 0 Å². The van der Waals surface area contributed by atoms with Gasteiger partial charge in [0.15, 0.2) is 0 Å². The third kappa shape index (κ3) is 2.57. The minimum atomic E-state index is 0.402. The first-order valence-electron chi connectivity index (χ1n) is 8.04. The molecule has 3 rings (SSSR count). The number of fused-ring (bicyclic) bond motifs is 1. The van der Waals surface area contributed by atoms with E-state index in [1.807, 2.05) is 0 Å². The molecule has 110 valence electrons. The zero-order valence-corrected chi connectivity index (χ0v) is 12.8. The molecule has 0 spiro atoms. The molecule has 1 unspecified atom stereocenters. The lowest BCUT2D eigenvalue weighted by molar-refractivity contribution is 0.191. The predicted molar refractivity (Wildman–Crippen MR) is 85.2 cm³/mol. The summed E-state index contributed by atoms with van der Waals surface area (Å²) in [5.74, 6) is 0. The summed E-state index contributed by atoms with van der Waals surface area (Å²) in [5, 5.41) is 0. The molecule has 0 bridgehead atoms. The van der Waals surface area contributed by atoms with Gasteiger partial charge in [-0.2, -0.15) is 0 Å². The second-order valence-electron chi connectivity index (χ2n) is 6.28. The normalized spacial score (nSPS) is 19.5. The third-order valence-electron chi connectivity index (χ3n) is 4.74. The highest BCUT2D eigenvalue weighted by molar-refractivity contribution is 5.58. The predicted octanol–water partition coefficient (Wildman–Crippen LogP) is 2.55. The summed E-state index contributed by atoms with van der Waals surface area (Å²) >= 11 is 0. The van der Waals surface area contributed by atoms with Gasteiger partial charge in [-0.3, -0.25) is 4.90 Å². The molecule has 0 amide bonds. The molecule has 2 aliphatic rings. The van der Waals surface area contributed by atoms with Crippen molar-refractivity contribution in [1.82, 2.24) is 4.90 Å². The van der Waals surface area contributed by atoms with Gasteiger partial charge in [0.1, 0.15) is 0 Å². The van der Waals surface area contributed by atoms with Crippen LogP contribution in [0, 0.1) is 0 Å². The Bertz CT molecular complexity index is 467. The van der Waals surface area contributed by atoms with Crippen molar-refractivity contribution in [3.8, 4) is 0 Å². The Morgan fingerprint density at radius 3 is 2.85 bits per heavy atom. The van der Waals surface area contributed by atoms with Crippen molar-refractivity contribution in [2.24, 2.45) is 5.73 Å². The Morgan fingerprint density at radius 1 is 1.40 bits per heavy atom. The van der Waals surface area contributed by atoms with Crippen molar-refractivity contribution in [3.63, 3.8) is 0 Å². The molecule has 1 atom stereocenters. The first-order valence-corrected chi connectivity index (χ1v) is 8.04. The van der Waals surface area contributed by atoms with Crippen LogP contribution in [0.1, 0.15) is 43.4 Å². The van der Waals surface area contributed by atoms with Crippen molar-refractivity contribution in [3.05, 3.63) is 29.3 Å². The van der Waals surface area contributed by atoms with E-state index in [0.29, 0.717) is 6.04 Å². The summed E-state index contributed by atoms with van der Waals surface area (Å²) < 4.78 is 0. The molecule has 1 fully saturated rings. The molecule has 0 saturated heterocycles. The topological polar surface area (TPSA) is 32.5 Å². The zero-order valence-electron chi connectivity index (χ0n) is 12.8. The summed E-state index contributed by atoms with van der Waals surface area (Å²) in [4.78, 5) is 4.99. The minimum Gasteiger partial charge on any atom is -0.374 e. The number of anilines is 1. The van der Waals surface area contributed by atoms with E-state index in [2.05, 4.69) is 42.0 Å². The van der Waals surface area contributed by atoms with Gasteiger partial charge in [-0.1, -0.05) is 19.1 Å². The van der Waals surface area contributed by atoms with E-state index in [0.717, 1.165) is 19.1 Å². The molecule has 0 radical (unpaired) electrons. The van der Waals surface area contributed by atoms with E-state index in [4.69, 9.17) is 5.73 Å². The van der Waals surface area contributed by atoms with Crippen molar-refractivity contribution >= 4 is 5.69 Å². The number of nitrogens with zero attached hydrogens (tertiary/aromatic N) is 2. The number of nitrogens with two attached hydrogens (primary N) is 1. The van der Waals surface area contributed by atoms with Crippen LogP contribution in [-0.2, 0) is 6.42 Å². The average molecular weight is 273 g/mol. The fourth-order valence-electron chi connectivity index (χ4n) is 3.51. The monoisotopic (exact) mass is 273 g/mol. The van der Waals surface area contributed by atoms with Crippen LogP contribution in [0.4, 0.5) is 5.69 Å². The Kier molecular flexibility index (Phi) is 3.99. The highest BCUT2D eigenvalue weighted by Gasteiger charge is 2.33. The van der Waals surface area contributed by atoms with Crippen LogP contribution in [-0.4, -0.2) is 37.6 Å². The SMILES string of the molecule is CCCN(C1CC1)C(CN)c1ccc2c(c1)CCN2C. The van der Waals surface area contributed by atoms with Crippen molar-refractivity contribution in [2.75, 3.05) is 31.6 Å². The summed E-state index contributed by atoms with van der Waals surface area (Å²) in [5.41, 5.74) is 10.4. The third-order valence-corrected chi connectivity index (χ3v) is 4.74. The van der Waals surface area contributed by atoms with Gasteiger partial charge in [-0.05, 0) is 49.4 Å². The van der Waals surface area contributed by atoms with Crippen molar-refractivity contribution in [2.45, 2.75) is 44.7 Å². The van der Waals surface area contributed by atoms with Crippen molar-refractivity contribution < 1.29 is 0 Å². The molecule has 3 nitrogen and oxygen atoms in total. The van der Waals surface area contributed by atoms with E-state index >= 15 is 0 Å². The van der Waals surface area contributed by atoms with E-state index in [1.165, 1.54) is 49.0 Å². The quantitative estimate of drug-likeness (QED) is 0.864. The van der Waals surface area contributed by atoms with Gasteiger partial charge in [0.25, 0.3) is 0 Å². The van der Waals surface area contributed by atoms with E-state index in [-0.39, 0.29) is 0 Å². The lowest BCUT2D eigenvalue weighted by Gasteiger charge is -2.31. The van der Waals surface area contributed by atoms with Crippen molar-refractivity contribution in [1.29, 1.82) is 0 Å². The second-order valence-corrected chi connectivity index (χ2v) is 6.28. The lowest BCUT2D eigenvalue weighted by Crippen LogP contribution is -2.36. The molecular formula is C17H27N3. The van der Waals surface area contributed by atoms with Gasteiger partial charge in [0, 0.05) is 37.9 Å². The fraction of sp³-hybridized carbons (Fsp3) is 0.647.